The Morgan fingerprint density at radius 1 is 0.826 bits per heavy atom. The Bertz CT molecular complexity index is 767. The van der Waals surface area contributed by atoms with Gasteiger partial charge in [0.2, 0.25) is 0 Å². The highest BCUT2D eigenvalue weighted by Crippen LogP contribution is 2.36. The predicted molar refractivity (Wildman–Crippen MR) is 81.7 cm³/mol. The summed E-state index contributed by atoms with van der Waals surface area (Å²) in [5.74, 6) is -4.30. The first kappa shape index (κ1) is 15.4. The van der Waals surface area contributed by atoms with E-state index in [9.17, 15) is 17.6 Å². The number of alkyl halides is 4. The lowest BCUT2D eigenvalue weighted by atomic mass is 10.0. The van der Waals surface area contributed by atoms with E-state index in [4.69, 9.17) is 0 Å². The minimum Gasteiger partial charge on any atom is -0.250 e. The lowest BCUT2D eigenvalue weighted by molar-refractivity contribution is -0.0756. The molecule has 2 aromatic rings. The molecule has 0 aromatic heterocycles. The fourth-order valence-electron chi connectivity index (χ4n) is 2.30. The first-order valence-corrected chi connectivity index (χ1v) is 6.94. The molecule has 0 unspecified atom stereocenters. The summed E-state index contributed by atoms with van der Waals surface area (Å²) < 4.78 is 53.2. The number of halogens is 4. The molecule has 2 aromatic carbocycles. The van der Waals surface area contributed by atoms with Gasteiger partial charge in [0.15, 0.2) is 0 Å². The van der Waals surface area contributed by atoms with Gasteiger partial charge in [0.1, 0.15) is 0 Å². The number of nitrogens with zero attached hydrogens (tertiary/aromatic N) is 2. The molecule has 0 amide bonds. The Hall–Kier alpha value is -2.50. The van der Waals surface area contributed by atoms with Crippen molar-refractivity contribution in [2.75, 3.05) is 0 Å². The molecular weight excluding hydrogens is 308 g/mol. The molecular formula is C17H12F4N2. The van der Waals surface area contributed by atoms with Crippen molar-refractivity contribution in [2.45, 2.75) is 18.8 Å². The van der Waals surface area contributed by atoms with E-state index in [0.29, 0.717) is 11.3 Å². The molecule has 3 rings (SSSR count). The van der Waals surface area contributed by atoms with Crippen molar-refractivity contribution in [1.29, 1.82) is 0 Å². The molecule has 1 aliphatic rings. The SMILES string of the molecule is FC(F)C(F)(F)C1=Nc2ccccc2N=C(c2ccccc2)C1. The molecule has 2 nitrogen and oxygen atoms in total. The first-order chi connectivity index (χ1) is 11.0. The second-order valence-corrected chi connectivity index (χ2v) is 5.07. The minimum absolute atomic E-state index is 0.161. The first-order valence-electron chi connectivity index (χ1n) is 6.94. The smallest absolute Gasteiger partial charge is 0.250 e. The molecule has 6 heteroatoms. The zero-order valence-electron chi connectivity index (χ0n) is 11.9. The number of fused-ring (bicyclic) bond motifs is 1. The zero-order chi connectivity index (χ0) is 16.4. The van der Waals surface area contributed by atoms with Crippen molar-refractivity contribution in [3.8, 4) is 0 Å². The van der Waals surface area contributed by atoms with Gasteiger partial charge in [0.25, 0.3) is 0 Å². The van der Waals surface area contributed by atoms with Crippen LogP contribution in [-0.2, 0) is 0 Å². The Labute approximate surface area is 130 Å². The van der Waals surface area contributed by atoms with Crippen LogP contribution in [-0.4, -0.2) is 23.8 Å². The van der Waals surface area contributed by atoms with Crippen LogP contribution >= 0.6 is 0 Å². The van der Waals surface area contributed by atoms with Gasteiger partial charge in [-0.25, -0.2) is 13.8 Å². The molecule has 0 atom stereocenters. The summed E-state index contributed by atoms with van der Waals surface area (Å²) in [4.78, 5) is 8.14. The zero-order valence-corrected chi connectivity index (χ0v) is 11.9. The van der Waals surface area contributed by atoms with E-state index in [1.165, 1.54) is 6.07 Å². The average molecular weight is 320 g/mol. The van der Waals surface area contributed by atoms with Crippen molar-refractivity contribution in [2.24, 2.45) is 9.98 Å². The van der Waals surface area contributed by atoms with Crippen molar-refractivity contribution in [3.05, 3.63) is 60.2 Å². The van der Waals surface area contributed by atoms with Crippen LogP contribution in [0.15, 0.2) is 64.6 Å². The second kappa shape index (κ2) is 5.95. The summed E-state index contributed by atoms with van der Waals surface area (Å²) in [6.45, 7) is 0. The van der Waals surface area contributed by atoms with Crippen LogP contribution in [0.4, 0.5) is 28.9 Å². The number of para-hydroxylation sites is 2. The molecule has 118 valence electrons. The maximum Gasteiger partial charge on any atom is 0.345 e. The molecule has 0 spiro atoms. The molecule has 0 aliphatic carbocycles. The van der Waals surface area contributed by atoms with Gasteiger partial charge in [0, 0.05) is 6.42 Å². The van der Waals surface area contributed by atoms with Crippen molar-refractivity contribution >= 4 is 22.8 Å². The monoisotopic (exact) mass is 320 g/mol. The number of hydrogen-bond acceptors (Lipinski definition) is 2. The molecule has 1 aliphatic heterocycles. The topological polar surface area (TPSA) is 24.7 Å². The summed E-state index contributed by atoms with van der Waals surface area (Å²) in [6.07, 6.45) is -4.25. The highest BCUT2D eigenvalue weighted by atomic mass is 19.3. The maximum atomic E-state index is 13.9. The number of hydrogen-bond donors (Lipinski definition) is 0. The summed E-state index contributed by atoms with van der Waals surface area (Å²) in [6, 6.07) is 15.0. The Kier molecular flexibility index (Phi) is 3.98. The Balaban J connectivity index is 2.15. The van der Waals surface area contributed by atoms with Crippen LogP contribution in [0.25, 0.3) is 0 Å². The van der Waals surface area contributed by atoms with E-state index in [-0.39, 0.29) is 11.4 Å². The number of benzene rings is 2. The fraction of sp³-hybridized carbons (Fsp3) is 0.176. The van der Waals surface area contributed by atoms with Crippen LogP contribution < -0.4 is 0 Å². The Morgan fingerprint density at radius 3 is 2.00 bits per heavy atom. The largest absolute Gasteiger partial charge is 0.345 e. The van der Waals surface area contributed by atoms with E-state index < -0.39 is 24.5 Å². The van der Waals surface area contributed by atoms with E-state index in [0.717, 1.165) is 0 Å². The molecule has 0 fully saturated rings. The lowest BCUT2D eigenvalue weighted by Gasteiger charge is -2.17. The van der Waals surface area contributed by atoms with E-state index in [1.54, 1.807) is 48.5 Å². The number of aliphatic imine (C=N–C) groups is 2. The van der Waals surface area contributed by atoms with E-state index in [2.05, 4.69) is 9.98 Å². The minimum atomic E-state index is -4.30. The van der Waals surface area contributed by atoms with Crippen LogP contribution in [0.3, 0.4) is 0 Å². The van der Waals surface area contributed by atoms with Gasteiger partial charge in [-0.2, -0.15) is 8.78 Å². The van der Waals surface area contributed by atoms with Gasteiger partial charge in [-0.3, -0.25) is 4.99 Å². The van der Waals surface area contributed by atoms with Crippen molar-refractivity contribution in [3.63, 3.8) is 0 Å². The summed E-state index contributed by atoms with van der Waals surface area (Å²) >= 11 is 0. The van der Waals surface area contributed by atoms with Crippen LogP contribution in [0.2, 0.25) is 0 Å². The van der Waals surface area contributed by atoms with E-state index in [1.807, 2.05) is 0 Å². The second-order valence-electron chi connectivity index (χ2n) is 5.07. The van der Waals surface area contributed by atoms with Crippen LogP contribution in [0.1, 0.15) is 12.0 Å². The van der Waals surface area contributed by atoms with Gasteiger partial charge < -0.3 is 0 Å². The average Bonchev–Trinajstić information content (AvgIpc) is 2.75. The predicted octanol–water partition coefficient (Wildman–Crippen LogP) is 5.18. The maximum absolute atomic E-state index is 13.9. The third-order valence-corrected chi connectivity index (χ3v) is 3.49. The normalized spacial score (nSPS) is 14.8. The molecule has 1 heterocycles. The van der Waals surface area contributed by atoms with Gasteiger partial charge >= 0.3 is 12.3 Å². The quantitative estimate of drug-likeness (QED) is 0.696. The standard InChI is InChI=1S/C17H12F4N2/c18-16(19)17(20,21)15-10-14(11-6-2-1-3-7-11)22-12-8-4-5-9-13(12)23-15/h1-9,16H,10H2. The van der Waals surface area contributed by atoms with Crippen molar-refractivity contribution < 1.29 is 17.6 Å². The highest BCUT2D eigenvalue weighted by Gasteiger charge is 2.47. The lowest BCUT2D eigenvalue weighted by Crippen LogP contribution is -2.37. The van der Waals surface area contributed by atoms with E-state index >= 15 is 0 Å². The third-order valence-electron chi connectivity index (χ3n) is 3.49. The molecule has 0 saturated heterocycles. The van der Waals surface area contributed by atoms with Gasteiger partial charge in [-0.05, 0) is 17.7 Å². The van der Waals surface area contributed by atoms with Gasteiger partial charge in [0.05, 0.1) is 22.8 Å². The number of rotatable bonds is 3. The molecule has 23 heavy (non-hydrogen) atoms. The van der Waals surface area contributed by atoms with Crippen LogP contribution in [0, 0.1) is 0 Å². The summed E-state index contributed by atoms with van der Waals surface area (Å²) in [5.41, 5.74) is 0.553. The fourth-order valence-corrected chi connectivity index (χ4v) is 2.30. The molecule has 0 bridgehead atoms. The van der Waals surface area contributed by atoms with Gasteiger partial charge in [-0.15, -0.1) is 0 Å². The Morgan fingerprint density at radius 2 is 1.39 bits per heavy atom. The third kappa shape index (κ3) is 3.02. The molecule has 0 radical (unpaired) electrons. The highest BCUT2D eigenvalue weighted by molar-refractivity contribution is 6.17. The van der Waals surface area contributed by atoms with Crippen molar-refractivity contribution in [1.82, 2.24) is 0 Å². The summed E-state index contributed by atoms with van der Waals surface area (Å²) in [7, 11) is 0. The molecule has 0 saturated carbocycles. The van der Waals surface area contributed by atoms with Crippen LogP contribution in [0.5, 0.6) is 0 Å². The summed E-state index contributed by atoms with van der Waals surface area (Å²) in [5, 5.41) is 0. The van der Waals surface area contributed by atoms with Gasteiger partial charge in [-0.1, -0.05) is 42.5 Å². The molecule has 0 N–H and O–H groups in total.